The first kappa shape index (κ1) is 13.5. The van der Waals surface area contributed by atoms with Crippen LogP contribution in [0.3, 0.4) is 0 Å². The third-order valence-electron chi connectivity index (χ3n) is 3.47. The Morgan fingerprint density at radius 2 is 1.95 bits per heavy atom. The summed E-state index contributed by atoms with van der Waals surface area (Å²) in [5.74, 6) is 0.481. The van der Waals surface area contributed by atoms with E-state index in [1.54, 1.807) is 12.1 Å². The number of aryl methyl sites for hydroxylation is 2. The van der Waals surface area contributed by atoms with E-state index in [9.17, 15) is 4.79 Å². The van der Waals surface area contributed by atoms with Crippen LogP contribution in [0.1, 0.15) is 34.5 Å². The molecule has 3 rings (SSSR count). The summed E-state index contributed by atoms with van der Waals surface area (Å²) in [5, 5.41) is 14.1. The molecule has 0 bridgehead atoms. The van der Waals surface area contributed by atoms with E-state index < -0.39 is 0 Å². The normalized spacial score (nSPS) is 13.8. The number of nitrogens with zero attached hydrogens (tertiary/aromatic N) is 2. The van der Waals surface area contributed by atoms with Crippen LogP contribution < -0.4 is 10.6 Å². The van der Waals surface area contributed by atoms with Crippen LogP contribution in [0.2, 0.25) is 0 Å². The molecule has 0 unspecified atom stereocenters. The van der Waals surface area contributed by atoms with Gasteiger partial charge in [-0.15, -0.1) is 10.2 Å². The van der Waals surface area contributed by atoms with Crippen molar-refractivity contribution in [1.29, 1.82) is 0 Å². The quantitative estimate of drug-likeness (QED) is 0.904. The van der Waals surface area contributed by atoms with Crippen LogP contribution in [0.5, 0.6) is 0 Å². The second-order valence-corrected chi connectivity index (χ2v) is 5.49. The van der Waals surface area contributed by atoms with E-state index in [4.69, 9.17) is 0 Å². The van der Waals surface area contributed by atoms with Gasteiger partial charge in [-0.25, -0.2) is 0 Å². The highest BCUT2D eigenvalue weighted by atomic mass is 16.1. The summed E-state index contributed by atoms with van der Waals surface area (Å²) < 4.78 is 0. The molecule has 0 spiro atoms. The average Bonchev–Trinajstić information content (AvgIpc) is 3.27. The number of carbonyl (C=O) groups excluding carboxylic acids is 1. The standard InChI is InChI=1S/C16H18N4O/c1-10-3-4-11(2)14(9-10)18-16(21)13-7-8-15(20-19-13)17-12-5-6-12/h3-4,7-9,12H,5-6H2,1-2H3,(H,17,20)(H,18,21). The molecular weight excluding hydrogens is 264 g/mol. The fraction of sp³-hybridized carbons (Fsp3) is 0.312. The maximum Gasteiger partial charge on any atom is 0.276 e. The molecule has 0 aliphatic heterocycles. The Morgan fingerprint density at radius 3 is 2.62 bits per heavy atom. The molecule has 21 heavy (non-hydrogen) atoms. The summed E-state index contributed by atoms with van der Waals surface area (Å²) in [6.07, 6.45) is 2.35. The minimum Gasteiger partial charge on any atom is -0.366 e. The highest BCUT2D eigenvalue weighted by Crippen LogP contribution is 2.23. The summed E-state index contributed by atoms with van der Waals surface area (Å²) in [5.41, 5.74) is 3.25. The molecule has 1 aliphatic carbocycles. The number of amides is 1. The van der Waals surface area contributed by atoms with Gasteiger partial charge in [0, 0.05) is 11.7 Å². The van der Waals surface area contributed by atoms with Gasteiger partial charge in [0.15, 0.2) is 5.69 Å². The largest absolute Gasteiger partial charge is 0.366 e. The molecule has 1 aliphatic rings. The molecule has 1 amide bonds. The van der Waals surface area contributed by atoms with Crippen molar-refractivity contribution in [3.05, 3.63) is 47.2 Å². The maximum atomic E-state index is 12.2. The van der Waals surface area contributed by atoms with Crippen LogP contribution in [0.4, 0.5) is 11.5 Å². The van der Waals surface area contributed by atoms with Crippen LogP contribution in [0.15, 0.2) is 30.3 Å². The van der Waals surface area contributed by atoms with E-state index in [1.807, 2.05) is 32.0 Å². The fourth-order valence-electron chi connectivity index (χ4n) is 2.02. The van der Waals surface area contributed by atoms with Crippen molar-refractivity contribution in [3.8, 4) is 0 Å². The van der Waals surface area contributed by atoms with Crippen LogP contribution in [-0.2, 0) is 0 Å². The van der Waals surface area contributed by atoms with E-state index in [1.165, 1.54) is 12.8 Å². The van der Waals surface area contributed by atoms with E-state index in [2.05, 4.69) is 20.8 Å². The zero-order valence-electron chi connectivity index (χ0n) is 12.2. The number of aromatic nitrogens is 2. The zero-order chi connectivity index (χ0) is 14.8. The second-order valence-electron chi connectivity index (χ2n) is 5.49. The number of nitrogens with one attached hydrogen (secondary N) is 2. The lowest BCUT2D eigenvalue weighted by atomic mass is 10.1. The highest BCUT2D eigenvalue weighted by Gasteiger charge is 2.21. The first-order chi connectivity index (χ1) is 10.1. The molecule has 0 radical (unpaired) electrons. The number of hydrogen-bond donors (Lipinski definition) is 2. The lowest BCUT2D eigenvalue weighted by molar-refractivity contribution is 0.102. The topological polar surface area (TPSA) is 66.9 Å². The molecule has 1 fully saturated rings. The van der Waals surface area contributed by atoms with Crippen molar-refractivity contribution in [3.63, 3.8) is 0 Å². The van der Waals surface area contributed by atoms with Gasteiger partial charge in [-0.3, -0.25) is 4.79 Å². The number of rotatable bonds is 4. The molecule has 1 heterocycles. The van der Waals surface area contributed by atoms with Gasteiger partial charge in [0.1, 0.15) is 5.82 Å². The summed E-state index contributed by atoms with van der Waals surface area (Å²) in [6, 6.07) is 9.96. The third kappa shape index (κ3) is 3.37. The predicted molar refractivity (Wildman–Crippen MR) is 82.5 cm³/mol. The molecule has 1 aromatic carbocycles. The smallest absolute Gasteiger partial charge is 0.276 e. The first-order valence-corrected chi connectivity index (χ1v) is 7.11. The van der Waals surface area contributed by atoms with Crippen LogP contribution >= 0.6 is 0 Å². The Morgan fingerprint density at radius 1 is 1.14 bits per heavy atom. The number of carbonyl (C=O) groups is 1. The molecule has 2 aromatic rings. The molecular formula is C16H18N4O. The maximum absolute atomic E-state index is 12.2. The predicted octanol–water partition coefficient (Wildman–Crippen LogP) is 2.92. The van der Waals surface area contributed by atoms with Crippen LogP contribution in [0.25, 0.3) is 0 Å². The van der Waals surface area contributed by atoms with Gasteiger partial charge in [0.05, 0.1) is 0 Å². The summed E-state index contributed by atoms with van der Waals surface area (Å²) >= 11 is 0. The summed E-state index contributed by atoms with van der Waals surface area (Å²) in [6.45, 7) is 3.95. The summed E-state index contributed by atoms with van der Waals surface area (Å²) in [7, 11) is 0. The van der Waals surface area contributed by atoms with Crippen molar-refractivity contribution in [2.75, 3.05) is 10.6 Å². The summed E-state index contributed by atoms with van der Waals surface area (Å²) in [4.78, 5) is 12.2. The second kappa shape index (κ2) is 5.52. The minimum absolute atomic E-state index is 0.242. The lowest BCUT2D eigenvalue weighted by Gasteiger charge is -2.09. The first-order valence-electron chi connectivity index (χ1n) is 7.11. The SMILES string of the molecule is Cc1ccc(C)c(NC(=O)c2ccc(NC3CC3)nn2)c1. The van der Waals surface area contributed by atoms with Gasteiger partial charge in [-0.2, -0.15) is 0 Å². The Labute approximate surface area is 123 Å². The van der Waals surface area contributed by atoms with Crippen molar-refractivity contribution in [1.82, 2.24) is 10.2 Å². The van der Waals surface area contributed by atoms with Gasteiger partial charge in [0.2, 0.25) is 0 Å². The molecule has 0 atom stereocenters. The number of benzene rings is 1. The number of anilines is 2. The van der Waals surface area contributed by atoms with E-state index in [0.29, 0.717) is 11.7 Å². The van der Waals surface area contributed by atoms with Gasteiger partial charge >= 0.3 is 0 Å². The van der Waals surface area contributed by atoms with Gasteiger partial charge in [-0.05, 0) is 56.0 Å². The minimum atomic E-state index is -0.242. The Bertz CT molecular complexity index is 662. The Balaban J connectivity index is 1.70. The van der Waals surface area contributed by atoms with Crippen molar-refractivity contribution in [2.45, 2.75) is 32.7 Å². The van der Waals surface area contributed by atoms with E-state index in [0.717, 1.165) is 22.6 Å². The molecule has 5 heteroatoms. The third-order valence-corrected chi connectivity index (χ3v) is 3.47. The van der Waals surface area contributed by atoms with E-state index >= 15 is 0 Å². The lowest BCUT2D eigenvalue weighted by Crippen LogP contribution is -2.16. The van der Waals surface area contributed by atoms with Crippen LogP contribution in [-0.4, -0.2) is 22.1 Å². The van der Waals surface area contributed by atoms with E-state index in [-0.39, 0.29) is 5.91 Å². The molecule has 2 N–H and O–H groups in total. The Kier molecular flexibility index (Phi) is 3.56. The zero-order valence-corrected chi connectivity index (χ0v) is 12.2. The molecule has 108 valence electrons. The monoisotopic (exact) mass is 282 g/mol. The van der Waals surface area contributed by atoms with Gasteiger partial charge in [-0.1, -0.05) is 12.1 Å². The molecule has 1 saturated carbocycles. The average molecular weight is 282 g/mol. The number of hydrogen-bond acceptors (Lipinski definition) is 4. The highest BCUT2D eigenvalue weighted by molar-refractivity contribution is 6.03. The Hall–Kier alpha value is -2.43. The van der Waals surface area contributed by atoms with Crippen molar-refractivity contribution in [2.24, 2.45) is 0 Å². The van der Waals surface area contributed by atoms with Gasteiger partial charge in [0.25, 0.3) is 5.91 Å². The fourth-order valence-corrected chi connectivity index (χ4v) is 2.02. The molecule has 0 saturated heterocycles. The molecule has 1 aromatic heterocycles. The molecule has 5 nitrogen and oxygen atoms in total. The van der Waals surface area contributed by atoms with Crippen molar-refractivity contribution < 1.29 is 4.79 Å². The van der Waals surface area contributed by atoms with Crippen molar-refractivity contribution >= 4 is 17.4 Å². The van der Waals surface area contributed by atoms with Crippen LogP contribution in [0, 0.1) is 13.8 Å². The van der Waals surface area contributed by atoms with Gasteiger partial charge < -0.3 is 10.6 Å².